The summed E-state index contributed by atoms with van der Waals surface area (Å²) in [4.78, 5) is 9.98. The first kappa shape index (κ1) is 11.2. The molecule has 0 aromatic heterocycles. The maximum atomic E-state index is 9.98. The van der Waals surface area contributed by atoms with Crippen LogP contribution >= 0.6 is 0 Å². The van der Waals surface area contributed by atoms with Gasteiger partial charge < -0.3 is 4.74 Å². The van der Waals surface area contributed by atoms with Crippen molar-refractivity contribution in [3.05, 3.63) is 0 Å². The molecule has 0 rings (SSSR count). The van der Waals surface area contributed by atoms with Crippen LogP contribution < -0.4 is 0 Å². The first-order valence-electron chi connectivity index (χ1n) is 2.40. The molecule has 0 radical (unpaired) electrons. The van der Waals surface area contributed by atoms with E-state index in [9.17, 15) is 4.79 Å². The minimum Gasteiger partial charge on any atom is -0.466 e. The maximum absolute atomic E-state index is 9.98. The third-order valence-electron chi connectivity index (χ3n) is 0.509. The van der Waals surface area contributed by atoms with Crippen LogP contribution in [0.5, 0.6) is 0 Å². The molecule has 0 heterocycles. The molecule has 0 amide bonds. The first-order valence-corrected chi connectivity index (χ1v) is 2.40. The van der Waals surface area contributed by atoms with Crippen LogP contribution in [0.4, 0.5) is 0 Å². The first-order chi connectivity index (χ1) is 3.27. The van der Waals surface area contributed by atoms with Crippen molar-refractivity contribution in [3.63, 3.8) is 0 Å². The summed E-state index contributed by atoms with van der Waals surface area (Å²) in [5.41, 5.74) is 0. The Morgan fingerprint density at radius 3 is 2.25 bits per heavy atom. The molecule has 2 nitrogen and oxygen atoms in total. The quantitative estimate of drug-likeness (QED) is 0.611. The second-order valence-corrected chi connectivity index (χ2v) is 1.34. The molecule has 0 saturated heterocycles. The Morgan fingerprint density at radius 2 is 2.12 bits per heavy atom. The van der Waals surface area contributed by atoms with E-state index in [2.05, 4.69) is 4.74 Å². The fraction of sp³-hybridized carbons (Fsp3) is 0.800. The van der Waals surface area contributed by atoms with E-state index in [4.69, 9.17) is 0 Å². The van der Waals surface area contributed by atoms with Gasteiger partial charge in [-0.3, -0.25) is 4.79 Å². The fourth-order valence-electron chi connectivity index (χ4n) is 0.246. The van der Waals surface area contributed by atoms with Crippen LogP contribution in [0.3, 0.4) is 0 Å². The van der Waals surface area contributed by atoms with Crippen LogP contribution in [0.2, 0.25) is 0 Å². The normalized spacial score (nSPS) is 7.25. The van der Waals surface area contributed by atoms with Crippen LogP contribution in [0, 0.1) is 0 Å². The predicted molar refractivity (Wildman–Crippen MR) is 26.9 cm³/mol. The molecular weight excluding hydrogens is 183 g/mol. The van der Waals surface area contributed by atoms with Gasteiger partial charge in [0.25, 0.3) is 0 Å². The van der Waals surface area contributed by atoms with Crippen LogP contribution in [0.25, 0.3) is 0 Å². The van der Waals surface area contributed by atoms with E-state index in [1.54, 1.807) is 0 Å². The van der Waals surface area contributed by atoms with Crippen molar-refractivity contribution in [2.24, 2.45) is 0 Å². The van der Waals surface area contributed by atoms with Gasteiger partial charge in [0.15, 0.2) is 0 Å². The molecule has 0 bridgehead atoms. The van der Waals surface area contributed by atoms with E-state index in [0.717, 1.165) is 6.42 Å². The summed E-state index contributed by atoms with van der Waals surface area (Å²) in [6.07, 6.45) is 0.902. The Kier molecular flexibility index (Phi) is 10.3. The van der Waals surface area contributed by atoms with Gasteiger partial charge in [0.05, 0.1) is 6.61 Å². The summed E-state index contributed by atoms with van der Waals surface area (Å²) in [6.45, 7) is 3.92. The number of carbonyl (C=O) groups excluding carboxylic acids is 1. The molecule has 3 heteroatoms. The second kappa shape index (κ2) is 7.35. The Morgan fingerprint density at radius 1 is 1.62 bits per heavy atom. The molecule has 0 atom stereocenters. The molecular formula is C5H10O2Zr. The Labute approximate surface area is 68.7 Å². The summed E-state index contributed by atoms with van der Waals surface area (Å²) in [6, 6.07) is 0. The van der Waals surface area contributed by atoms with Crippen molar-refractivity contribution >= 4 is 5.97 Å². The Bertz CT molecular complexity index is 63.4. The van der Waals surface area contributed by atoms with E-state index in [1.165, 1.54) is 6.92 Å². The van der Waals surface area contributed by atoms with Crippen molar-refractivity contribution in [1.29, 1.82) is 0 Å². The van der Waals surface area contributed by atoms with Crippen molar-refractivity contribution < 1.29 is 35.7 Å². The van der Waals surface area contributed by atoms with Gasteiger partial charge in [-0.1, -0.05) is 6.92 Å². The van der Waals surface area contributed by atoms with Crippen LogP contribution in [-0.2, 0) is 35.7 Å². The minimum absolute atomic E-state index is 0. The summed E-state index contributed by atoms with van der Waals surface area (Å²) < 4.78 is 4.55. The minimum atomic E-state index is -0.193. The summed E-state index contributed by atoms with van der Waals surface area (Å²) >= 11 is 0. The molecule has 0 saturated carbocycles. The molecule has 0 aromatic rings. The number of esters is 1. The van der Waals surface area contributed by atoms with Gasteiger partial charge in [-0.05, 0) is 6.42 Å². The molecule has 0 aliphatic heterocycles. The van der Waals surface area contributed by atoms with Gasteiger partial charge in [0, 0.05) is 33.1 Å². The second-order valence-electron chi connectivity index (χ2n) is 1.34. The van der Waals surface area contributed by atoms with E-state index in [0.29, 0.717) is 6.61 Å². The molecule has 8 heavy (non-hydrogen) atoms. The monoisotopic (exact) mass is 192 g/mol. The molecule has 0 unspecified atom stereocenters. The average molecular weight is 193 g/mol. The smallest absolute Gasteiger partial charge is 0.302 e. The third-order valence-corrected chi connectivity index (χ3v) is 0.509. The fourth-order valence-corrected chi connectivity index (χ4v) is 0.246. The number of ether oxygens (including phenoxy) is 1. The zero-order chi connectivity index (χ0) is 5.70. The molecule has 0 fully saturated rings. The Balaban J connectivity index is 0. The summed E-state index contributed by atoms with van der Waals surface area (Å²) in [7, 11) is 0. The maximum Gasteiger partial charge on any atom is 0.302 e. The van der Waals surface area contributed by atoms with Crippen LogP contribution in [-0.4, -0.2) is 12.6 Å². The third kappa shape index (κ3) is 9.61. The van der Waals surface area contributed by atoms with Gasteiger partial charge >= 0.3 is 5.97 Å². The van der Waals surface area contributed by atoms with Gasteiger partial charge in [0.2, 0.25) is 0 Å². The summed E-state index contributed by atoms with van der Waals surface area (Å²) in [5.74, 6) is -0.193. The topological polar surface area (TPSA) is 26.3 Å². The van der Waals surface area contributed by atoms with E-state index in [-0.39, 0.29) is 32.2 Å². The largest absolute Gasteiger partial charge is 0.466 e. The predicted octanol–water partition coefficient (Wildman–Crippen LogP) is 0.957. The number of hydrogen-bond donors (Lipinski definition) is 0. The zero-order valence-corrected chi connectivity index (χ0v) is 7.69. The zero-order valence-electron chi connectivity index (χ0n) is 5.23. The van der Waals surface area contributed by atoms with E-state index >= 15 is 0 Å². The van der Waals surface area contributed by atoms with Gasteiger partial charge in [-0.25, -0.2) is 0 Å². The van der Waals surface area contributed by atoms with Crippen LogP contribution in [0.15, 0.2) is 0 Å². The van der Waals surface area contributed by atoms with Gasteiger partial charge in [0.1, 0.15) is 0 Å². The molecule has 0 spiro atoms. The van der Waals surface area contributed by atoms with Gasteiger partial charge in [-0.2, -0.15) is 0 Å². The van der Waals surface area contributed by atoms with E-state index < -0.39 is 0 Å². The summed E-state index contributed by atoms with van der Waals surface area (Å²) in [5, 5.41) is 0. The van der Waals surface area contributed by atoms with Crippen molar-refractivity contribution in [1.82, 2.24) is 0 Å². The van der Waals surface area contributed by atoms with Crippen molar-refractivity contribution in [3.8, 4) is 0 Å². The van der Waals surface area contributed by atoms with E-state index in [1.807, 2.05) is 6.92 Å². The van der Waals surface area contributed by atoms with Crippen molar-refractivity contribution in [2.75, 3.05) is 6.61 Å². The van der Waals surface area contributed by atoms with Crippen LogP contribution in [0.1, 0.15) is 20.3 Å². The average Bonchev–Trinajstić information content (AvgIpc) is 1.61. The van der Waals surface area contributed by atoms with Gasteiger partial charge in [-0.15, -0.1) is 0 Å². The molecule has 0 aliphatic rings. The molecule has 0 aromatic carbocycles. The number of hydrogen-bond acceptors (Lipinski definition) is 2. The number of rotatable bonds is 2. The standard InChI is InChI=1S/C5H10O2.Zr/c1-3-4-7-5(2)6;/h3-4H2,1-2H3;. The molecule has 46 valence electrons. The number of carbonyl (C=O) groups is 1. The SMILES string of the molecule is CCCOC(C)=O.[Zr]. The molecule has 0 N–H and O–H groups in total. The van der Waals surface area contributed by atoms with Crippen molar-refractivity contribution in [2.45, 2.75) is 20.3 Å². The Hall–Kier alpha value is 0.353. The molecule has 0 aliphatic carbocycles.